The number of hydrogen-bond acceptors (Lipinski definition) is 6. The molecule has 3 aromatic rings. The molecule has 0 atom stereocenters. The summed E-state index contributed by atoms with van der Waals surface area (Å²) in [6.45, 7) is 0. The first kappa shape index (κ1) is 16.2. The lowest BCUT2D eigenvalue weighted by Crippen LogP contribution is -2.11. The zero-order valence-electron chi connectivity index (χ0n) is 12.7. The summed E-state index contributed by atoms with van der Waals surface area (Å²) < 4.78 is 12.5. The molecule has 24 heavy (non-hydrogen) atoms. The lowest BCUT2D eigenvalue weighted by atomic mass is 10.4. The summed E-state index contributed by atoms with van der Waals surface area (Å²) in [5, 5.41) is 2.82. The number of nitrogens with zero attached hydrogens (tertiary/aromatic N) is 3. The molecule has 0 aliphatic carbocycles. The Labute approximate surface area is 146 Å². The number of pyridine rings is 2. The molecule has 0 aliphatic heterocycles. The van der Waals surface area contributed by atoms with Crippen molar-refractivity contribution in [3.8, 4) is 11.5 Å². The van der Waals surface area contributed by atoms with Crippen molar-refractivity contribution in [1.29, 1.82) is 0 Å². The van der Waals surface area contributed by atoms with Crippen LogP contribution in [-0.2, 0) is 11.8 Å². The van der Waals surface area contributed by atoms with Crippen molar-refractivity contribution in [1.82, 2.24) is 19.5 Å². The van der Waals surface area contributed by atoms with Crippen LogP contribution in [0.4, 0.5) is 10.6 Å². The number of halogens is 1. The van der Waals surface area contributed by atoms with Gasteiger partial charge in [0.2, 0.25) is 0 Å². The van der Waals surface area contributed by atoms with E-state index in [1.165, 1.54) is 25.6 Å². The molecule has 10 heteroatoms. The van der Waals surface area contributed by atoms with Crippen molar-refractivity contribution in [3.63, 3.8) is 0 Å². The van der Waals surface area contributed by atoms with Crippen molar-refractivity contribution >= 4 is 46.9 Å². The third kappa shape index (κ3) is 3.03. The van der Waals surface area contributed by atoms with Gasteiger partial charge in [0.05, 0.1) is 13.3 Å². The molecule has 8 nitrogen and oxygen atoms in total. The molecule has 3 aromatic heterocycles. The average Bonchev–Trinajstić information content (AvgIpc) is 2.86. The van der Waals surface area contributed by atoms with E-state index in [2.05, 4.69) is 25.0 Å². The van der Waals surface area contributed by atoms with Gasteiger partial charge in [-0.05, 0) is 18.3 Å². The number of carbonyl (C=O) groups is 1. The van der Waals surface area contributed by atoms with Crippen LogP contribution in [-0.4, -0.2) is 32.7 Å². The van der Waals surface area contributed by atoms with Crippen LogP contribution in [0.25, 0.3) is 11.2 Å². The van der Waals surface area contributed by atoms with Gasteiger partial charge in [-0.15, -0.1) is 0 Å². The van der Waals surface area contributed by atoms with Gasteiger partial charge in [-0.25, -0.2) is 14.8 Å². The van der Waals surface area contributed by atoms with Crippen LogP contribution < -0.4 is 10.1 Å². The topological polar surface area (TPSA) is 94.1 Å². The van der Waals surface area contributed by atoms with Crippen molar-refractivity contribution in [2.45, 2.75) is 0 Å². The van der Waals surface area contributed by atoms with E-state index in [1.807, 2.05) is 0 Å². The highest BCUT2D eigenvalue weighted by Crippen LogP contribution is 2.34. The number of amides is 1. The smallest absolute Gasteiger partial charge is 0.412 e. The van der Waals surface area contributed by atoms with Crippen LogP contribution in [0.3, 0.4) is 0 Å². The van der Waals surface area contributed by atoms with Crippen LogP contribution in [0.1, 0.15) is 0 Å². The predicted octanol–water partition coefficient (Wildman–Crippen LogP) is 3.65. The highest BCUT2D eigenvalue weighted by Gasteiger charge is 2.14. The first-order valence-corrected chi connectivity index (χ1v) is 7.50. The molecule has 3 rings (SSSR count). The molecule has 0 bridgehead atoms. The number of nitrogens with one attached hydrogen (secondary N) is 2. The monoisotopic (exact) mass is 365 g/mol. The lowest BCUT2D eigenvalue weighted by molar-refractivity contribution is 0.187. The molecule has 0 fully saturated rings. The molecule has 124 valence electrons. The maximum atomic E-state index is 11.2. The Bertz CT molecular complexity index is 984. The molecule has 2 N–H and O–H groups in total. The second-order valence-electron chi connectivity index (χ2n) is 4.72. The minimum Gasteiger partial charge on any atom is -0.454 e. The van der Waals surface area contributed by atoms with Crippen LogP contribution >= 0.6 is 23.8 Å². The van der Waals surface area contributed by atoms with E-state index in [4.69, 9.17) is 28.6 Å². The third-order valence-corrected chi connectivity index (χ3v) is 3.94. The minimum atomic E-state index is -0.627. The number of carbonyl (C=O) groups excluding carboxylic acids is 1. The highest BCUT2D eigenvalue weighted by atomic mass is 35.5. The summed E-state index contributed by atoms with van der Waals surface area (Å²) >= 11 is 11.6. The van der Waals surface area contributed by atoms with Crippen LogP contribution in [0, 0.1) is 4.77 Å². The average molecular weight is 366 g/mol. The van der Waals surface area contributed by atoms with E-state index >= 15 is 0 Å². The van der Waals surface area contributed by atoms with E-state index in [0.29, 0.717) is 32.5 Å². The molecule has 0 aliphatic rings. The molecule has 0 saturated heterocycles. The Morgan fingerprint density at radius 1 is 1.46 bits per heavy atom. The van der Waals surface area contributed by atoms with Crippen LogP contribution in [0.15, 0.2) is 24.5 Å². The second-order valence-corrected chi connectivity index (χ2v) is 5.48. The normalized spacial score (nSPS) is 10.6. The number of H-pyrrole nitrogens is 1. The zero-order valence-corrected chi connectivity index (χ0v) is 14.2. The molecule has 3 heterocycles. The maximum Gasteiger partial charge on any atom is 0.412 e. The van der Waals surface area contributed by atoms with Crippen LogP contribution in [0.5, 0.6) is 11.5 Å². The van der Waals surface area contributed by atoms with E-state index in [1.54, 1.807) is 17.7 Å². The molecule has 0 radical (unpaired) electrons. The number of rotatable bonds is 3. The fraction of sp³-hybridized carbons (Fsp3) is 0.143. The standard InChI is InChI=1S/C14H12ClN5O3S/c1-20-11-10(15)8(6-17-12(11)19-13(20)24)23-7-3-4-16-9(5-7)18-14(21)22-2/h3-6H,1-2H3,(H,16,18,21)(H,17,19,24). The van der Waals surface area contributed by atoms with Crippen molar-refractivity contribution in [2.24, 2.45) is 7.05 Å². The minimum absolute atomic E-state index is 0.282. The molecule has 1 amide bonds. The van der Waals surface area contributed by atoms with Crippen LogP contribution in [0.2, 0.25) is 5.02 Å². The summed E-state index contributed by atoms with van der Waals surface area (Å²) in [6.07, 6.45) is 2.35. The Morgan fingerprint density at radius 3 is 3.00 bits per heavy atom. The quantitative estimate of drug-likeness (QED) is 0.688. The van der Waals surface area contributed by atoms with Gasteiger partial charge in [-0.2, -0.15) is 0 Å². The number of anilines is 1. The molecule has 0 saturated carbocycles. The second kappa shape index (κ2) is 6.46. The molecule has 0 spiro atoms. The SMILES string of the molecule is COC(=O)Nc1cc(Oc2cnc3[nH]c(=S)n(C)c3c2Cl)ccn1. The number of aromatic nitrogens is 4. The molecular weight excluding hydrogens is 354 g/mol. The van der Waals surface area contributed by atoms with Gasteiger partial charge < -0.3 is 19.0 Å². The van der Waals surface area contributed by atoms with E-state index < -0.39 is 6.09 Å². The first-order chi connectivity index (χ1) is 11.5. The van der Waals surface area contributed by atoms with Gasteiger partial charge >= 0.3 is 6.09 Å². The maximum absolute atomic E-state index is 11.2. The number of fused-ring (bicyclic) bond motifs is 1. The summed E-state index contributed by atoms with van der Waals surface area (Å²) in [7, 11) is 3.05. The van der Waals surface area contributed by atoms with E-state index in [9.17, 15) is 4.79 Å². The number of imidazole rings is 1. The number of aromatic amines is 1. The van der Waals surface area contributed by atoms with Crippen molar-refractivity contribution < 1.29 is 14.3 Å². The fourth-order valence-electron chi connectivity index (χ4n) is 2.04. The Morgan fingerprint density at radius 2 is 2.25 bits per heavy atom. The largest absolute Gasteiger partial charge is 0.454 e. The Balaban J connectivity index is 1.94. The number of aryl methyl sites for hydroxylation is 1. The zero-order chi connectivity index (χ0) is 17.3. The Kier molecular flexibility index (Phi) is 4.36. The van der Waals surface area contributed by atoms with E-state index in [-0.39, 0.29) is 5.82 Å². The predicted molar refractivity (Wildman–Crippen MR) is 91.2 cm³/mol. The lowest BCUT2D eigenvalue weighted by Gasteiger charge is -2.09. The number of hydrogen-bond donors (Lipinski definition) is 2. The van der Waals surface area contributed by atoms with Crippen molar-refractivity contribution in [3.05, 3.63) is 34.3 Å². The third-order valence-electron chi connectivity index (χ3n) is 3.20. The van der Waals surface area contributed by atoms with Crippen molar-refractivity contribution in [2.75, 3.05) is 12.4 Å². The van der Waals surface area contributed by atoms with Gasteiger partial charge in [-0.3, -0.25) is 5.32 Å². The van der Waals surface area contributed by atoms with Gasteiger partial charge in [-0.1, -0.05) is 11.6 Å². The van der Waals surface area contributed by atoms with Gasteiger partial charge in [0.15, 0.2) is 16.2 Å². The summed E-state index contributed by atoms with van der Waals surface area (Å²) in [6, 6.07) is 3.16. The van der Waals surface area contributed by atoms with Gasteiger partial charge in [0.1, 0.15) is 22.1 Å². The van der Waals surface area contributed by atoms with Gasteiger partial charge in [0, 0.05) is 19.3 Å². The first-order valence-electron chi connectivity index (χ1n) is 6.71. The van der Waals surface area contributed by atoms with E-state index in [0.717, 1.165) is 0 Å². The molecule has 0 aromatic carbocycles. The summed E-state index contributed by atoms with van der Waals surface area (Å²) in [4.78, 5) is 22.4. The van der Waals surface area contributed by atoms with Gasteiger partial charge in [0.25, 0.3) is 0 Å². The highest BCUT2D eigenvalue weighted by molar-refractivity contribution is 7.71. The number of methoxy groups -OCH3 is 1. The molecule has 0 unspecified atom stereocenters. The summed E-state index contributed by atoms with van der Waals surface area (Å²) in [5.41, 5.74) is 1.21. The molecular formula is C14H12ClN5O3S. The summed E-state index contributed by atoms with van der Waals surface area (Å²) in [5.74, 6) is 1.06. The fourth-order valence-corrected chi connectivity index (χ4v) is 2.53. The Hall–Kier alpha value is -2.65. The number of ether oxygens (including phenoxy) is 2.